The average Bonchev–Trinajstić information content (AvgIpc) is 3.05. The first-order chi connectivity index (χ1) is 9.66. The van der Waals surface area contributed by atoms with E-state index in [4.69, 9.17) is 5.73 Å². The summed E-state index contributed by atoms with van der Waals surface area (Å²) in [6, 6.07) is 1.97. The molecule has 3 rings (SSSR count). The third-order valence-electron chi connectivity index (χ3n) is 4.12. The van der Waals surface area contributed by atoms with Crippen LogP contribution in [0.15, 0.2) is 11.4 Å². The molecule has 4 nitrogen and oxygen atoms in total. The lowest BCUT2D eigenvalue weighted by Gasteiger charge is -2.25. The quantitative estimate of drug-likeness (QED) is 0.895. The van der Waals surface area contributed by atoms with E-state index in [1.165, 1.54) is 4.88 Å². The van der Waals surface area contributed by atoms with Crippen molar-refractivity contribution >= 4 is 34.9 Å². The minimum atomic E-state index is -0.291. The molecule has 3 atom stereocenters. The van der Waals surface area contributed by atoms with Crippen LogP contribution in [0, 0.1) is 5.92 Å². The minimum Gasteiger partial charge on any atom is -0.369 e. The summed E-state index contributed by atoms with van der Waals surface area (Å²) < 4.78 is 0. The van der Waals surface area contributed by atoms with Crippen LogP contribution in [-0.4, -0.2) is 23.6 Å². The van der Waals surface area contributed by atoms with Crippen molar-refractivity contribution in [3.63, 3.8) is 0 Å². The highest BCUT2D eigenvalue weighted by Gasteiger charge is 2.35. The van der Waals surface area contributed by atoms with Crippen LogP contribution in [0.3, 0.4) is 0 Å². The lowest BCUT2D eigenvalue weighted by molar-refractivity contribution is -0.124. The van der Waals surface area contributed by atoms with Crippen molar-refractivity contribution in [2.24, 2.45) is 11.7 Å². The first-order valence-electron chi connectivity index (χ1n) is 6.94. The number of nitrogens with one attached hydrogen (secondary N) is 1. The molecule has 1 aliphatic heterocycles. The second-order valence-corrected chi connectivity index (χ2v) is 7.57. The van der Waals surface area contributed by atoms with Gasteiger partial charge in [-0.15, -0.1) is 23.1 Å². The van der Waals surface area contributed by atoms with E-state index in [0.29, 0.717) is 0 Å². The van der Waals surface area contributed by atoms with Crippen molar-refractivity contribution in [2.75, 3.05) is 5.75 Å². The molecule has 6 heteroatoms. The Morgan fingerprint density at radius 3 is 3.00 bits per heavy atom. The maximum Gasteiger partial charge on any atom is 0.237 e. The van der Waals surface area contributed by atoms with Crippen LogP contribution in [0.1, 0.15) is 35.0 Å². The molecule has 1 aliphatic carbocycles. The summed E-state index contributed by atoms with van der Waals surface area (Å²) in [7, 11) is 0. The normalized spacial score (nSPS) is 28.9. The van der Waals surface area contributed by atoms with Crippen molar-refractivity contribution in [3.05, 3.63) is 21.9 Å². The van der Waals surface area contributed by atoms with E-state index in [9.17, 15) is 9.59 Å². The first kappa shape index (κ1) is 13.9. The number of amides is 2. The molecule has 0 bridgehead atoms. The van der Waals surface area contributed by atoms with E-state index >= 15 is 0 Å². The fourth-order valence-corrected chi connectivity index (χ4v) is 5.40. The van der Waals surface area contributed by atoms with Gasteiger partial charge in [-0.05, 0) is 42.0 Å². The first-order valence-corrected chi connectivity index (χ1v) is 8.87. The number of aryl methyl sites for hydroxylation is 1. The van der Waals surface area contributed by atoms with Crippen molar-refractivity contribution in [3.8, 4) is 0 Å². The molecule has 1 aromatic heterocycles. The molecule has 2 aliphatic rings. The number of hydrogen-bond donors (Lipinski definition) is 2. The van der Waals surface area contributed by atoms with Gasteiger partial charge in [-0.3, -0.25) is 9.59 Å². The number of rotatable bonds is 3. The molecule has 0 unspecified atom stereocenters. The van der Waals surface area contributed by atoms with Crippen LogP contribution in [0.25, 0.3) is 0 Å². The van der Waals surface area contributed by atoms with Gasteiger partial charge in [0.1, 0.15) is 5.25 Å². The molecule has 0 aromatic carbocycles. The summed E-state index contributed by atoms with van der Waals surface area (Å²) in [5.74, 6) is 0.525. The Hall–Kier alpha value is -1.01. The highest BCUT2D eigenvalue weighted by Crippen LogP contribution is 2.39. The summed E-state index contributed by atoms with van der Waals surface area (Å²) in [5.41, 5.74) is 6.56. The average molecular weight is 310 g/mol. The standard InChI is InChI=1S/C14H18N2O2S2/c15-13(17)8-2-1-3-10(8)16-14(18)12-9-4-6-19-11(9)5-7-20-12/h4,6,8,10,12H,1-3,5,7H2,(H2,15,17)(H,16,18)/t8-,10-,12+/m1/s1. The molecule has 2 amide bonds. The van der Waals surface area contributed by atoms with Gasteiger partial charge >= 0.3 is 0 Å². The smallest absolute Gasteiger partial charge is 0.237 e. The minimum absolute atomic E-state index is 0.0347. The van der Waals surface area contributed by atoms with Crippen LogP contribution in [0.4, 0.5) is 0 Å². The summed E-state index contributed by atoms with van der Waals surface area (Å²) in [4.78, 5) is 25.2. The van der Waals surface area contributed by atoms with E-state index in [1.807, 2.05) is 0 Å². The van der Waals surface area contributed by atoms with Gasteiger partial charge in [0.25, 0.3) is 0 Å². The highest BCUT2D eigenvalue weighted by molar-refractivity contribution is 8.00. The number of fused-ring (bicyclic) bond motifs is 1. The van der Waals surface area contributed by atoms with E-state index < -0.39 is 0 Å². The largest absolute Gasteiger partial charge is 0.369 e. The Morgan fingerprint density at radius 1 is 1.35 bits per heavy atom. The van der Waals surface area contributed by atoms with E-state index in [0.717, 1.165) is 37.0 Å². The predicted octanol–water partition coefficient (Wildman–Crippen LogP) is 1.85. The molecule has 1 fully saturated rings. The van der Waals surface area contributed by atoms with Crippen molar-refractivity contribution in [1.82, 2.24) is 5.32 Å². The molecule has 0 spiro atoms. The summed E-state index contributed by atoms with van der Waals surface area (Å²) >= 11 is 3.42. The summed E-state index contributed by atoms with van der Waals surface area (Å²) in [5, 5.41) is 4.98. The molecule has 3 N–H and O–H groups in total. The number of thioether (sulfide) groups is 1. The van der Waals surface area contributed by atoms with E-state index in [-0.39, 0.29) is 29.0 Å². The Kier molecular flexibility index (Phi) is 4.03. The second-order valence-electron chi connectivity index (χ2n) is 5.35. The Morgan fingerprint density at radius 2 is 2.20 bits per heavy atom. The number of hydrogen-bond acceptors (Lipinski definition) is 4. The lowest BCUT2D eigenvalue weighted by atomic mass is 10.0. The van der Waals surface area contributed by atoms with Gasteiger partial charge < -0.3 is 11.1 Å². The third kappa shape index (κ3) is 2.59. The molecule has 20 heavy (non-hydrogen) atoms. The fraction of sp³-hybridized carbons (Fsp3) is 0.571. The number of carbonyl (C=O) groups excluding carboxylic acids is 2. The number of primary amides is 1. The molecule has 1 saturated carbocycles. The Balaban J connectivity index is 1.70. The maximum atomic E-state index is 12.5. The molecule has 108 valence electrons. The van der Waals surface area contributed by atoms with Crippen molar-refractivity contribution < 1.29 is 9.59 Å². The maximum absolute atomic E-state index is 12.5. The molecule has 0 saturated heterocycles. The molecule has 1 aromatic rings. The van der Waals surface area contributed by atoms with Gasteiger partial charge in [-0.2, -0.15) is 0 Å². The Bertz CT molecular complexity index is 529. The van der Waals surface area contributed by atoms with E-state index in [2.05, 4.69) is 16.8 Å². The molecule has 2 heterocycles. The van der Waals surface area contributed by atoms with Crippen LogP contribution in [0.5, 0.6) is 0 Å². The van der Waals surface area contributed by atoms with Crippen molar-refractivity contribution in [2.45, 2.75) is 37.0 Å². The predicted molar refractivity (Wildman–Crippen MR) is 81.7 cm³/mol. The zero-order valence-electron chi connectivity index (χ0n) is 11.1. The molecular formula is C14H18N2O2S2. The Labute approximate surface area is 126 Å². The number of thiophene rings is 1. The van der Waals surface area contributed by atoms with Gasteiger partial charge in [0.05, 0.1) is 5.92 Å². The summed E-state index contributed by atoms with van der Waals surface area (Å²) in [6.45, 7) is 0. The van der Waals surface area contributed by atoms with Gasteiger partial charge in [-0.25, -0.2) is 0 Å². The van der Waals surface area contributed by atoms with Crippen LogP contribution < -0.4 is 11.1 Å². The SMILES string of the molecule is NC(=O)[C@@H]1CCC[C@H]1NC(=O)[C@H]1SCCc2sccc21. The number of carbonyl (C=O) groups is 2. The zero-order valence-corrected chi connectivity index (χ0v) is 12.8. The second kappa shape index (κ2) is 5.77. The van der Waals surface area contributed by atoms with Crippen LogP contribution in [0.2, 0.25) is 0 Å². The zero-order chi connectivity index (χ0) is 14.1. The number of nitrogens with two attached hydrogens (primary N) is 1. The molecular weight excluding hydrogens is 292 g/mol. The monoisotopic (exact) mass is 310 g/mol. The van der Waals surface area contributed by atoms with Gasteiger partial charge in [0.15, 0.2) is 0 Å². The third-order valence-corrected chi connectivity index (χ3v) is 6.36. The highest BCUT2D eigenvalue weighted by atomic mass is 32.2. The van der Waals surface area contributed by atoms with Crippen LogP contribution in [-0.2, 0) is 16.0 Å². The van der Waals surface area contributed by atoms with Crippen molar-refractivity contribution in [1.29, 1.82) is 0 Å². The van der Waals surface area contributed by atoms with Gasteiger partial charge in [-0.1, -0.05) is 6.42 Å². The topological polar surface area (TPSA) is 72.2 Å². The van der Waals surface area contributed by atoms with Gasteiger partial charge in [0, 0.05) is 10.9 Å². The van der Waals surface area contributed by atoms with Gasteiger partial charge in [0.2, 0.25) is 11.8 Å². The summed E-state index contributed by atoms with van der Waals surface area (Å²) in [6.07, 6.45) is 3.66. The molecule has 0 radical (unpaired) electrons. The van der Waals surface area contributed by atoms with E-state index in [1.54, 1.807) is 23.1 Å². The fourth-order valence-electron chi connectivity index (χ4n) is 3.10. The lowest BCUT2D eigenvalue weighted by Crippen LogP contribution is -2.44. The van der Waals surface area contributed by atoms with Crippen LogP contribution >= 0.6 is 23.1 Å².